The quantitative estimate of drug-likeness (QED) is 0.805. The van der Waals surface area contributed by atoms with Crippen LogP contribution in [0.25, 0.3) is 0 Å². The van der Waals surface area contributed by atoms with Crippen LogP contribution in [-0.2, 0) is 11.2 Å². The van der Waals surface area contributed by atoms with Crippen LogP contribution in [-0.4, -0.2) is 24.4 Å². The summed E-state index contributed by atoms with van der Waals surface area (Å²) in [7, 11) is 0. The number of rotatable bonds is 7. The van der Waals surface area contributed by atoms with E-state index in [4.69, 9.17) is 11.6 Å². The Balaban J connectivity index is 1.68. The van der Waals surface area contributed by atoms with E-state index >= 15 is 0 Å². The Hall–Kier alpha value is -1.85. The molecular weight excluding hydrogens is 332 g/mol. The largest absolute Gasteiger partial charge is 0.353 e. The molecule has 0 fully saturated rings. The van der Waals surface area contributed by atoms with E-state index < -0.39 is 0 Å². The fraction of sp³-hybridized carbons (Fsp3) is 0.294. The second kappa shape index (κ2) is 8.70. The molecule has 0 saturated carbocycles. The Morgan fingerprint density at radius 3 is 2.61 bits per heavy atom. The molecule has 4 nitrogen and oxygen atoms in total. The number of hydrogen-bond acceptors (Lipinski definition) is 3. The first-order valence-electron chi connectivity index (χ1n) is 7.39. The summed E-state index contributed by atoms with van der Waals surface area (Å²) < 4.78 is 0. The van der Waals surface area contributed by atoms with E-state index in [9.17, 15) is 9.59 Å². The van der Waals surface area contributed by atoms with Gasteiger partial charge in [0, 0.05) is 29.6 Å². The molecular formula is C17H19ClN2O2S. The molecule has 0 aliphatic rings. The van der Waals surface area contributed by atoms with E-state index in [1.807, 2.05) is 12.3 Å². The zero-order valence-corrected chi connectivity index (χ0v) is 14.4. The number of nitrogens with one attached hydrogen (secondary N) is 2. The average molecular weight is 351 g/mol. The Labute approximate surface area is 144 Å². The van der Waals surface area contributed by atoms with Crippen molar-refractivity contribution in [3.8, 4) is 0 Å². The van der Waals surface area contributed by atoms with Crippen LogP contribution in [0.15, 0.2) is 41.1 Å². The van der Waals surface area contributed by atoms with Crippen LogP contribution in [0.4, 0.5) is 0 Å². The lowest BCUT2D eigenvalue weighted by atomic mass is 10.1. The molecule has 0 saturated heterocycles. The van der Waals surface area contributed by atoms with Gasteiger partial charge >= 0.3 is 0 Å². The maximum Gasteiger partial charge on any atom is 0.251 e. The molecule has 1 heterocycles. The van der Waals surface area contributed by atoms with Gasteiger partial charge in [0.15, 0.2) is 0 Å². The van der Waals surface area contributed by atoms with E-state index in [0.717, 1.165) is 6.42 Å². The van der Waals surface area contributed by atoms with Crippen LogP contribution in [0, 0.1) is 0 Å². The highest BCUT2D eigenvalue weighted by molar-refractivity contribution is 7.07. The molecule has 1 unspecified atom stereocenters. The second-order valence-corrected chi connectivity index (χ2v) is 6.53. The standard InChI is InChI=1S/C17H19ClN2O2S/c1-12(10-13-7-9-23-11-13)20-16(21)6-8-19-17(22)14-2-4-15(18)5-3-14/h2-5,7,9,11-12H,6,8,10H2,1H3,(H,19,22)(H,20,21). The molecule has 0 bridgehead atoms. The van der Waals surface area contributed by atoms with Crippen molar-refractivity contribution < 1.29 is 9.59 Å². The summed E-state index contributed by atoms with van der Waals surface area (Å²) in [5.41, 5.74) is 1.75. The van der Waals surface area contributed by atoms with Gasteiger partial charge in [0.25, 0.3) is 5.91 Å². The molecule has 0 spiro atoms. The summed E-state index contributed by atoms with van der Waals surface area (Å²) in [5.74, 6) is -0.273. The van der Waals surface area contributed by atoms with Gasteiger partial charge < -0.3 is 10.6 Å². The summed E-state index contributed by atoms with van der Waals surface area (Å²) in [6.07, 6.45) is 1.07. The summed E-state index contributed by atoms with van der Waals surface area (Å²) in [6, 6.07) is 8.76. The SMILES string of the molecule is CC(Cc1ccsc1)NC(=O)CCNC(=O)c1ccc(Cl)cc1. The van der Waals surface area contributed by atoms with Crippen molar-refractivity contribution in [1.82, 2.24) is 10.6 Å². The highest BCUT2D eigenvalue weighted by Crippen LogP contribution is 2.09. The molecule has 1 atom stereocenters. The van der Waals surface area contributed by atoms with Gasteiger partial charge in [0.1, 0.15) is 0 Å². The molecule has 2 N–H and O–H groups in total. The van der Waals surface area contributed by atoms with Gasteiger partial charge in [0.2, 0.25) is 5.91 Å². The van der Waals surface area contributed by atoms with Crippen LogP contribution in [0.1, 0.15) is 29.3 Å². The topological polar surface area (TPSA) is 58.2 Å². The summed E-state index contributed by atoms with van der Waals surface area (Å²) in [5, 5.41) is 10.3. The minimum Gasteiger partial charge on any atom is -0.353 e. The van der Waals surface area contributed by atoms with Gasteiger partial charge in [-0.25, -0.2) is 0 Å². The lowest BCUT2D eigenvalue weighted by molar-refractivity contribution is -0.121. The number of hydrogen-bond donors (Lipinski definition) is 2. The van der Waals surface area contributed by atoms with Crippen molar-refractivity contribution >= 4 is 34.8 Å². The molecule has 2 amide bonds. The zero-order valence-electron chi connectivity index (χ0n) is 12.8. The van der Waals surface area contributed by atoms with E-state index in [1.54, 1.807) is 35.6 Å². The average Bonchev–Trinajstić information content (AvgIpc) is 3.00. The first kappa shape index (κ1) is 17.5. The van der Waals surface area contributed by atoms with Crippen molar-refractivity contribution in [2.75, 3.05) is 6.54 Å². The number of amides is 2. The van der Waals surface area contributed by atoms with Crippen molar-refractivity contribution in [2.24, 2.45) is 0 Å². The first-order valence-corrected chi connectivity index (χ1v) is 8.71. The second-order valence-electron chi connectivity index (χ2n) is 5.32. The Bertz CT molecular complexity index is 641. The highest BCUT2D eigenvalue weighted by Gasteiger charge is 2.10. The third-order valence-corrected chi connectivity index (χ3v) is 4.26. The van der Waals surface area contributed by atoms with E-state index in [-0.39, 0.29) is 24.3 Å². The summed E-state index contributed by atoms with van der Waals surface area (Å²) in [6.45, 7) is 2.28. The van der Waals surface area contributed by atoms with Gasteiger partial charge in [-0.1, -0.05) is 11.6 Å². The molecule has 6 heteroatoms. The number of benzene rings is 1. The zero-order chi connectivity index (χ0) is 16.7. The fourth-order valence-corrected chi connectivity index (χ4v) is 2.96. The molecule has 0 aliphatic heterocycles. The lowest BCUT2D eigenvalue weighted by Gasteiger charge is -2.13. The number of halogens is 1. The van der Waals surface area contributed by atoms with Crippen LogP contribution in [0.2, 0.25) is 5.02 Å². The molecule has 0 aliphatic carbocycles. The van der Waals surface area contributed by atoms with E-state index in [1.165, 1.54) is 5.56 Å². The van der Waals surface area contributed by atoms with Crippen LogP contribution in [0.5, 0.6) is 0 Å². The maximum absolute atomic E-state index is 11.9. The summed E-state index contributed by atoms with van der Waals surface area (Å²) in [4.78, 5) is 23.8. The van der Waals surface area contributed by atoms with Crippen LogP contribution < -0.4 is 10.6 Å². The summed E-state index contributed by atoms with van der Waals surface area (Å²) >= 11 is 7.43. The highest BCUT2D eigenvalue weighted by atomic mass is 35.5. The number of carbonyl (C=O) groups excluding carboxylic acids is 2. The van der Waals surface area contributed by atoms with Crippen LogP contribution in [0.3, 0.4) is 0 Å². The monoisotopic (exact) mass is 350 g/mol. The molecule has 2 aromatic rings. The molecule has 23 heavy (non-hydrogen) atoms. The Morgan fingerprint density at radius 2 is 1.96 bits per heavy atom. The van der Waals surface area contributed by atoms with Crippen LogP contribution >= 0.6 is 22.9 Å². The molecule has 122 valence electrons. The van der Waals surface area contributed by atoms with Gasteiger partial charge in [0.05, 0.1) is 0 Å². The fourth-order valence-electron chi connectivity index (χ4n) is 2.15. The number of thiophene rings is 1. The minimum atomic E-state index is -0.208. The Morgan fingerprint density at radius 1 is 1.22 bits per heavy atom. The van der Waals surface area contributed by atoms with Gasteiger partial charge in [-0.15, -0.1) is 0 Å². The minimum absolute atomic E-state index is 0.0656. The lowest BCUT2D eigenvalue weighted by Crippen LogP contribution is -2.36. The van der Waals surface area contributed by atoms with E-state index in [0.29, 0.717) is 17.1 Å². The smallest absolute Gasteiger partial charge is 0.251 e. The van der Waals surface area contributed by atoms with Gasteiger partial charge in [-0.05, 0) is 60.0 Å². The predicted octanol–water partition coefficient (Wildman–Crippen LogP) is 3.27. The third-order valence-electron chi connectivity index (χ3n) is 3.27. The first-order chi connectivity index (χ1) is 11.0. The maximum atomic E-state index is 11.9. The molecule has 1 aromatic heterocycles. The molecule has 0 radical (unpaired) electrons. The van der Waals surface area contributed by atoms with E-state index in [2.05, 4.69) is 22.1 Å². The number of carbonyl (C=O) groups is 2. The van der Waals surface area contributed by atoms with Crippen molar-refractivity contribution in [3.05, 3.63) is 57.2 Å². The Kier molecular flexibility index (Phi) is 6.62. The normalized spacial score (nSPS) is 11.7. The predicted molar refractivity (Wildman–Crippen MR) is 94.0 cm³/mol. The van der Waals surface area contributed by atoms with Crippen molar-refractivity contribution in [2.45, 2.75) is 25.8 Å². The molecule has 1 aromatic carbocycles. The van der Waals surface area contributed by atoms with Gasteiger partial charge in [-0.3, -0.25) is 9.59 Å². The third kappa shape index (κ3) is 6.04. The van der Waals surface area contributed by atoms with Crippen molar-refractivity contribution in [3.63, 3.8) is 0 Å². The molecule has 2 rings (SSSR count). The van der Waals surface area contributed by atoms with Crippen molar-refractivity contribution in [1.29, 1.82) is 0 Å². The van der Waals surface area contributed by atoms with Gasteiger partial charge in [-0.2, -0.15) is 11.3 Å².